The number of carbonyl (C=O) groups is 1. The number of rotatable bonds is 2. The molecule has 0 saturated heterocycles. The van der Waals surface area contributed by atoms with Gasteiger partial charge < -0.3 is 0 Å². The van der Waals surface area contributed by atoms with Gasteiger partial charge in [-0.3, -0.25) is 4.79 Å². The maximum atomic E-state index is 11.8. The van der Waals surface area contributed by atoms with Crippen LogP contribution in [-0.4, -0.2) is 10.7 Å². The normalized spacial score (nSPS) is 10.0. The molecule has 2 aromatic rings. The van der Waals surface area contributed by atoms with Crippen LogP contribution in [0, 0.1) is 0 Å². The third kappa shape index (κ3) is 4.97. The van der Waals surface area contributed by atoms with Crippen molar-refractivity contribution in [1.29, 1.82) is 0 Å². The molecule has 5 heteroatoms. The molecule has 1 unspecified atom stereocenters. The summed E-state index contributed by atoms with van der Waals surface area (Å²) in [7, 11) is -2.37. The third-order valence-corrected chi connectivity index (χ3v) is 2.07. The largest absolute Gasteiger partial charge is 0.607 e. The van der Waals surface area contributed by atoms with Crippen molar-refractivity contribution in [1.82, 2.24) is 0 Å². The lowest BCUT2D eigenvalue weighted by Crippen LogP contribution is -1.99. The SMILES string of the molecule is N[P+](=O)O.O=C(c1ccccc1)c1ccccc1. The zero-order valence-electron chi connectivity index (χ0n) is 9.56. The van der Waals surface area contributed by atoms with Crippen LogP contribution in [0.1, 0.15) is 15.9 Å². The molecule has 0 bridgehead atoms. The lowest BCUT2D eigenvalue weighted by Gasteiger charge is -1.99. The number of hydrogen-bond acceptors (Lipinski definition) is 2. The Kier molecular flexibility index (Phi) is 5.88. The summed E-state index contributed by atoms with van der Waals surface area (Å²) in [5.74, 6) is 0.0752. The molecule has 0 aromatic heterocycles. The van der Waals surface area contributed by atoms with E-state index in [1.807, 2.05) is 60.7 Å². The predicted molar refractivity (Wildman–Crippen MR) is 70.3 cm³/mol. The van der Waals surface area contributed by atoms with E-state index in [0.29, 0.717) is 0 Å². The van der Waals surface area contributed by atoms with E-state index in [9.17, 15) is 4.79 Å². The van der Waals surface area contributed by atoms with E-state index in [2.05, 4.69) is 5.50 Å². The van der Waals surface area contributed by atoms with Crippen molar-refractivity contribution in [3.05, 3.63) is 71.8 Å². The summed E-state index contributed by atoms with van der Waals surface area (Å²) in [6, 6.07) is 18.6. The standard InChI is InChI=1S/C13H10O.H2NO2P/c14-13(11-7-3-1-4-8-11)12-9-5-2-6-10-12;1-4(2)3/h1-10H;(H2-,1,2,3)/p+1. The Labute approximate surface area is 106 Å². The van der Waals surface area contributed by atoms with Crippen molar-refractivity contribution in [2.75, 3.05) is 0 Å². The molecule has 4 nitrogen and oxygen atoms in total. The quantitative estimate of drug-likeness (QED) is 0.643. The summed E-state index contributed by atoms with van der Waals surface area (Å²) >= 11 is 0. The third-order valence-electron chi connectivity index (χ3n) is 2.07. The van der Waals surface area contributed by atoms with E-state index in [4.69, 9.17) is 9.46 Å². The van der Waals surface area contributed by atoms with Gasteiger partial charge in [-0.2, -0.15) is 0 Å². The second-order valence-corrected chi connectivity index (χ2v) is 3.97. The molecule has 0 aliphatic carbocycles. The number of nitrogens with two attached hydrogens (primary N) is 1. The maximum Gasteiger partial charge on any atom is 0.607 e. The van der Waals surface area contributed by atoms with Crippen LogP contribution in [0.5, 0.6) is 0 Å². The molecule has 0 heterocycles. The molecular formula is C13H13NO3P+. The Hall–Kier alpha value is -1.87. The molecule has 0 radical (unpaired) electrons. The molecule has 0 amide bonds. The predicted octanol–water partition coefficient (Wildman–Crippen LogP) is 2.51. The van der Waals surface area contributed by atoms with Crippen LogP contribution < -0.4 is 5.50 Å². The van der Waals surface area contributed by atoms with Crippen LogP contribution in [0.15, 0.2) is 60.7 Å². The van der Waals surface area contributed by atoms with Crippen LogP contribution in [0.4, 0.5) is 0 Å². The fourth-order valence-corrected chi connectivity index (χ4v) is 1.35. The Balaban J connectivity index is 0.000000357. The van der Waals surface area contributed by atoms with Crippen LogP contribution in [0.3, 0.4) is 0 Å². The molecule has 92 valence electrons. The van der Waals surface area contributed by atoms with Crippen molar-refractivity contribution < 1.29 is 14.3 Å². The van der Waals surface area contributed by atoms with E-state index >= 15 is 0 Å². The summed E-state index contributed by atoms with van der Waals surface area (Å²) in [6.45, 7) is 0. The zero-order valence-corrected chi connectivity index (χ0v) is 10.5. The Morgan fingerprint density at radius 1 is 0.889 bits per heavy atom. The minimum atomic E-state index is -2.37. The second kappa shape index (κ2) is 7.45. The van der Waals surface area contributed by atoms with Crippen LogP contribution in [0.2, 0.25) is 0 Å². The smallest absolute Gasteiger partial charge is 0.289 e. The van der Waals surface area contributed by atoms with Crippen molar-refractivity contribution in [3.63, 3.8) is 0 Å². The number of benzene rings is 2. The van der Waals surface area contributed by atoms with Gasteiger partial charge in [-0.15, -0.1) is 4.89 Å². The first-order valence-electron chi connectivity index (χ1n) is 5.17. The minimum Gasteiger partial charge on any atom is -0.289 e. The Bertz CT molecular complexity index is 469. The van der Waals surface area contributed by atoms with Gasteiger partial charge in [-0.05, 0) is 4.57 Å². The molecule has 2 rings (SSSR count). The molecule has 18 heavy (non-hydrogen) atoms. The lowest BCUT2D eigenvalue weighted by molar-refractivity contribution is 0.103. The van der Waals surface area contributed by atoms with E-state index in [-0.39, 0.29) is 5.78 Å². The highest BCUT2D eigenvalue weighted by Gasteiger charge is 2.06. The van der Waals surface area contributed by atoms with E-state index in [1.165, 1.54) is 0 Å². The van der Waals surface area contributed by atoms with Crippen molar-refractivity contribution in [2.24, 2.45) is 5.50 Å². The van der Waals surface area contributed by atoms with Crippen molar-refractivity contribution >= 4 is 14.0 Å². The van der Waals surface area contributed by atoms with E-state index in [0.717, 1.165) is 11.1 Å². The molecule has 0 fully saturated rings. The van der Waals surface area contributed by atoms with Gasteiger partial charge in [0.05, 0.1) is 0 Å². The van der Waals surface area contributed by atoms with Crippen molar-refractivity contribution in [3.8, 4) is 0 Å². The molecule has 0 aliphatic rings. The highest BCUT2D eigenvalue weighted by atomic mass is 31.1. The Morgan fingerprint density at radius 2 is 1.17 bits per heavy atom. The molecule has 0 spiro atoms. The number of ketones is 1. The van der Waals surface area contributed by atoms with Gasteiger partial charge in [-0.1, -0.05) is 66.2 Å². The number of carbonyl (C=O) groups excluding carboxylic acids is 1. The molecule has 0 aliphatic heterocycles. The van der Waals surface area contributed by atoms with E-state index in [1.54, 1.807) is 0 Å². The van der Waals surface area contributed by atoms with Gasteiger partial charge in [0, 0.05) is 11.1 Å². The van der Waals surface area contributed by atoms with Crippen molar-refractivity contribution in [2.45, 2.75) is 0 Å². The zero-order chi connectivity index (χ0) is 13.4. The van der Waals surface area contributed by atoms with Gasteiger partial charge in [0.2, 0.25) is 0 Å². The molecule has 0 saturated carbocycles. The summed E-state index contributed by atoms with van der Waals surface area (Å²) in [4.78, 5) is 19.2. The summed E-state index contributed by atoms with van der Waals surface area (Å²) in [5.41, 5.74) is 5.65. The topological polar surface area (TPSA) is 80.4 Å². The summed E-state index contributed by atoms with van der Waals surface area (Å²) in [6.07, 6.45) is 0. The molecular weight excluding hydrogens is 249 g/mol. The highest BCUT2D eigenvalue weighted by molar-refractivity contribution is 7.35. The number of hydrogen-bond donors (Lipinski definition) is 2. The maximum absolute atomic E-state index is 11.8. The first-order valence-corrected chi connectivity index (χ1v) is 6.45. The molecule has 2 aromatic carbocycles. The van der Waals surface area contributed by atoms with E-state index < -0.39 is 8.18 Å². The molecule has 3 N–H and O–H groups in total. The van der Waals surface area contributed by atoms with Gasteiger partial charge in [-0.25, -0.2) is 0 Å². The van der Waals surface area contributed by atoms with Crippen LogP contribution in [0.25, 0.3) is 0 Å². The van der Waals surface area contributed by atoms with Gasteiger partial charge >= 0.3 is 8.18 Å². The van der Waals surface area contributed by atoms with Crippen LogP contribution >= 0.6 is 8.18 Å². The second-order valence-electron chi connectivity index (χ2n) is 3.36. The van der Waals surface area contributed by atoms with Gasteiger partial charge in [0.25, 0.3) is 0 Å². The van der Waals surface area contributed by atoms with Crippen LogP contribution in [-0.2, 0) is 4.57 Å². The molecule has 1 atom stereocenters. The summed E-state index contributed by atoms with van der Waals surface area (Å²) in [5, 5.41) is 0. The first kappa shape index (κ1) is 14.2. The van der Waals surface area contributed by atoms with Gasteiger partial charge in [0.15, 0.2) is 5.78 Å². The highest BCUT2D eigenvalue weighted by Crippen LogP contribution is 2.08. The monoisotopic (exact) mass is 262 g/mol. The minimum absolute atomic E-state index is 0.0752. The average molecular weight is 262 g/mol. The fraction of sp³-hybridized carbons (Fsp3) is 0. The van der Waals surface area contributed by atoms with Gasteiger partial charge in [0.1, 0.15) is 0 Å². The Morgan fingerprint density at radius 3 is 1.44 bits per heavy atom. The average Bonchev–Trinajstić information content (AvgIpc) is 2.39. The lowest BCUT2D eigenvalue weighted by atomic mass is 10.0. The first-order chi connectivity index (χ1) is 8.61. The fourth-order valence-electron chi connectivity index (χ4n) is 1.35. The summed E-state index contributed by atoms with van der Waals surface area (Å²) < 4.78 is 8.93.